The predicted octanol–water partition coefficient (Wildman–Crippen LogP) is 4.02. The number of hydrogen-bond donors (Lipinski definition) is 2. The summed E-state index contributed by atoms with van der Waals surface area (Å²) < 4.78 is 0. The van der Waals surface area contributed by atoms with Crippen molar-refractivity contribution < 1.29 is 4.92 Å². The first-order valence-electron chi connectivity index (χ1n) is 6.94. The van der Waals surface area contributed by atoms with Gasteiger partial charge in [-0.1, -0.05) is 26.7 Å². The minimum absolute atomic E-state index is 0.124. The van der Waals surface area contributed by atoms with Gasteiger partial charge in [-0.05, 0) is 18.9 Å². The zero-order valence-electron chi connectivity index (χ0n) is 11.7. The van der Waals surface area contributed by atoms with Crippen LogP contribution in [0.3, 0.4) is 0 Å². The molecule has 5 nitrogen and oxygen atoms in total. The molecule has 106 valence electrons. The molecule has 0 saturated carbocycles. The van der Waals surface area contributed by atoms with E-state index >= 15 is 0 Å². The Morgan fingerprint density at radius 1 is 1.00 bits per heavy atom. The summed E-state index contributed by atoms with van der Waals surface area (Å²) in [5.41, 5.74) is 1.73. The van der Waals surface area contributed by atoms with Gasteiger partial charge in [0.2, 0.25) is 0 Å². The molecule has 0 unspecified atom stereocenters. The Kier molecular flexibility index (Phi) is 6.71. The normalized spacial score (nSPS) is 10.2. The Labute approximate surface area is 114 Å². The molecule has 1 aromatic rings. The van der Waals surface area contributed by atoms with Crippen LogP contribution in [0.2, 0.25) is 0 Å². The Morgan fingerprint density at radius 3 is 2.16 bits per heavy atom. The van der Waals surface area contributed by atoms with Gasteiger partial charge in [-0.3, -0.25) is 10.1 Å². The lowest BCUT2D eigenvalue weighted by molar-refractivity contribution is -0.384. The lowest BCUT2D eigenvalue weighted by Gasteiger charge is -2.10. The highest BCUT2D eigenvalue weighted by atomic mass is 16.6. The Morgan fingerprint density at radius 2 is 1.63 bits per heavy atom. The number of nitro groups is 1. The number of benzene rings is 1. The van der Waals surface area contributed by atoms with Crippen LogP contribution >= 0.6 is 0 Å². The summed E-state index contributed by atoms with van der Waals surface area (Å²) in [6.45, 7) is 5.88. The number of non-ortho nitro benzene ring substituents is 1. The van der Waals surface area contributed by atoms with E-state index in [4.69, 9.17) is 0 Å². The number of unbranched alkanes of at least 4 members (excludes halogenated alkanes) is 2. The number of hydrogen-bond acceptors (Lipinski definition) is 4. The van der Waals surface area contributed by atoms with Gasteiger partial charge in [0.15, 0.2) is 0 Å². The number of nitrogens with one attached hydrogen (secondary N) is 2. The predicted molar refractivity (Wildman–Crippen MR) is 79.9 cm³/mol. The molecule has 0 bridgehead atoms. The van der Waals surface area contributed by atoms with Crippen LogP contribution in [0.5, 0.6) is 0 Å². The second-order valence-electron chi connectivity index (χ2n) is 4.59. The van der Waals surface area contributed by atoms with Crippen molar-refractivity contribution in [3.63, 3.8) is 0 Å². The monoisotopic (exact) mass is 265 g/mol. The summed E-state index contributed by atoms with van der Waals surface area (Å²) in [5, 5.41) is 17.3. The molecule has 0 heterocycles. The van der Waals surface area contributed by atoms with Gasteiger partial charge in [-0.15, -0.1) is 0 Å². The molecule has 1 aromatic carbocycles. The van der Waals surface area contributed by atoms with Crippen molar-refractivity contribution in [2.75, 3.05) is 23.7 Å². The lowest BCUT2D eigenvalue weighted by Crippen LogP contribution is -2.05. The van der Waals surface area contributed by atoms with Crippen LogP contribution in [0.15, 0.2) is 18.2 Å². The highest BCUT2D eigenvalue weighted by Gasteiger charge is 2.09. The largest absolute Gasteiger partial charge is 0.385 e. The van der Waals surface area contributed by atoms with Gasteiger partial charge in [0, 0.05) is 36.6 Å². The highest BCUT2D eigenvalue weighted by Crippen LogP contribution is 2.24. The molecule has 0 spiro atoms. The van der Waals surface area contributed by atoms with Crippen LogP contribution in [0.25, 0.3) is 0 Å². The van der Waals surface area contributed by atoms with Gasteiger partial charge in [-0.2, -0.15) is 0 Å². The van der Waals surface area contributed by atoms with Crippen molar-refractivity contribution in [2.45, 2.75) is 39.5 Å². The Hall–Kier alpha value is -1.78. The molecule has 0 atom stereocenters. The van der Waals surface area contributed by atoms with Crippen LogP contribution in [0, 0.1) is 10.1 Å². The first kappa shape index (κ1) is 15.3. The Balaban J connectivity index is 2.72. The van der Waals surface area contributed by atoms with E-state index in [1.807, 2.05) is 6.07 Å². The van der Waals surface area contributed by atoms with E-state index in [0.717, 1.165) is 37.3 Å². The first-order chi connectivity index (χ1) is 9.17. The molecule has 0 fully saturated rings. The average molecular weight is 265 g/mol. The zero-order valence-corrected chi connectivity index (χ0v) is 11.7. The maximum Gasteiger partial charge on any atom is 0.273 e. The fourth-order valence-corrected chi connectivity index (χ4v) is 1.80. The molecule has 0 aromatic heterocycles. The molecule has 19 heavy (non-hydrogen) atoms. The molecule has 5 heteroatoms. The van der Waals surface area contributed by atoms with Gasteiger partial charge < -0.3 is 10.6 Å². The third kappa shape index (κ3) is 5.59. The van der Waals surface area contributed by atoms with Crippen molar-refractivity contribution >= 4 is 17.1 Å². The van der Waals surface area contributed by atoms with E-state index in [1.165, 1.54) is 12.8 Å². The molecule has 2 N–H and O–H groups in total. The SMILES string of the molecule is CCCCCNc1cc(NCCC)cc([N+](=O)[O-])c1. The number of nitrogens with zero attached hydrogens (tertiary/aromatic N) is 1. The maximum absolute atomic E-state index is 10.9. The summed E-state index contributed by atoms with van der Waals surface area (Å²) in [6.07, 6.45) is 4.40. The zero-order chi connectivity index (χ0) is 14.1. The van der Waals surface area contributed by atoms with E-state index in [0.29, 0.717) is 0 Å². The fourth-order valence-electron chi connectivity index (χ4n) is 1.80. The number of nitro benzene ring substituents is 1. The fraction of sp³-hybridized carbons (Fsp3) is 0.571. The Bertz CT molecular complexity index is 408. The molecule has 0 aliphatic heterocycles. The molecule has 1 rings (SSSR count). The van der Waals surface area contributed by atoms with Crippen LogP contribution in [0.1, 0.15) is 39.5 Å². The van der Waals surface area contributed by atoms with Crippen molar-refractivity contribution in [1.29, 1.82) is 0 Å². The number of anilines is 2. The van der Waals surface area contributed by atoms with Crippen LogP contribution in [-0.4, -0.2) is 18.0 Å². The highest BCUT2D eigenvalue weighted by molar-refractivity contribution is 5.63. The minimum Gasteiger partial charge on any atom is -0.385 e. The van der Waals surface area contributed by atoms with Gasteiger partial charge in [0.25, 0.3) is 5.69 Å². The molecule has 0 aliphatic rings. The average Bonchev–Trinajstić information content (AvgIpc) is 2.41. The van der Waals surface area contributed by atoms with E-state index in [2.05, 4.69) is 24.5 Å². The molecule has 0 aliphatic carbocycles. The molecule has 0 amide bonds. The van der Waals surface area contributed by atoms with E-state index in [9.17, 15) is 10.1 Å². The second kappa shape index (κ2) is 8.34. The quantitative estimate of drug-likeness (QED) is 0.402. The summed E-state index contributed by atoms with van der Waals surface area (Å²) >= 11 is 0. The molecular formula is C14H23N3O2. The first-order valence-corrected chi connectivity index (χ1v) is 6.94. The van der Waals surface area contributed by atoms with Crippen LogP contribution in [-0.2, 0) is 0 Å². The van der Waals surface area contributed by atoms with E-state index < -0.39 is 0 Å². The number of rotatable bonds is 9. The smallest absolute Gasteiger partial charge is 0.273 e. The second-order valence-corrected chi connectivity index (χ2v) is 4.59. The third-order valence-electron chi connectivity index (χ3n) is 2.82. The van der Waals surface area contributed by atoms with E-state index in [-0.39, 0.29) is 10.6 Å². The lowest BCUT2D eigenvalue weighted by atomic mass is 10.2. The summed E-state index contributed by atoms with van der Waals surface area (Å²) in [5.74, 6) is 0. The van der Waals surface area contributed by atoms with Gasteiger partial charge in [-0.25, -0.2) is 0 Å². The maximum atomic E-state index is 10.9. The summed E-state index contributed by atoms with van der Waals surface area (Å²) in [6, 6.07) is 5.09. The van der Waals surface area contributed by atoms with E-state index in [1.54, 1.807) is 12.1 Å². The molecule has 0 saturated heterocycles. The summed E-state index contributed by atoms with van der Waals surface area (Å²) in [4.78, 5) is 10.6. The third-order valence-corrected chi connectivity index (χ3v) is 2.82. The van der Waals surface area contributed by atoms with Crippen LogP contribution in [0.4, 0.5) is 17.1 Å². The minimum atomic E-state index is -0.353. The van der Waals surface area contributed by atoms with Gasteiger partial charge in [0.1, 0.15) is 0 Å². The molecule has 0 radical (unpaired) electrons. The van der Waals surface area contributed by atoms with Crippen molar-refractivity contribution in [3.8, 4) is 0 Å². The summed E-state index contributed by atoms with van der Waals surface area (Å²) in [7, 11) is 0. The van der Waals surface area contributed by atoms with Crippen molar-refractivity contribution in [2.24, 2.45) is 0 Å². The van der Waals surface area contributed by atoms with Gasteiger partial charge >= 0.3 is 0 Å². The van der Waals surface area contributed by atoms with Crippen molar-refractivity contribution in [1.82, 2.24) is 0 Å². The van der Waals surface area contributed by atoms with Gasteiger partial charge in [0.05, 0.1) is 4.92 Å². The molecular weight excluding hydrogens is 242 g/mol. The van der Waals surface area contributed by atoms with Crippen molar-refractivity contribution in [3.05, 3.63) is 28.3 Å². The topological polar surface area (TPSA) is 67.2 Å². The standard InChI is InChI=1S/C14H23N3O2/c1-3-5-6-8-16-13-9-12(15-7-4-2)10-14(11-13)17(18)19/h9-11,15-16H,3-8H2,1-2H3. The van der Waals surface area contributed by atoms with Crippen LogP contribution < -0.4 is 10.6 Å².